The Morgan fingerprint density at radius 3 is 2.46 bits per heavy atom. The molecule has 1 saturated heterocycles. The van der Waals surface area contributed by atoms with E-state index in [1.165, 1.54) is 4.90 Å². The van der Waals surface area contributed by atoms with E-state index in [0.29, 0.717) is 25.7 Å². The topological polar surface area (TPSA) is 195 Å². The standard InChI is InChI=1S/C36H46N6O9S/c1-35(2,3)51-34(47)38-28-11-8-6-4-5-7-10-24-21-36(24,33(46)40-52(48,49)27-16-17-27)39-30(43)29-20-26(22-41(29)31(28)44)50-32(45)23-12-14-25(15-13-23)42-19-9-18-37-42/h7,9-10,12-15,18-19,24,26-29H,4-6,8,11,16-17,20-22H2,1-3H3,(H,38,47)(H,39,43)(H,40,46)/t24-,26-,28+,29+,36-/m1/s1. The number of nitrogens with one attached hydrogen (secondary N) is 3. The summed E-state index contributed by atoms with van der Waals surface area (Å²) in [5.74, 6) is -3.21. The number of allylic oxidation sites excluding steroid dienone is 1. The van der Waals surface area contributed by atoms with Crippen molar-refractivity contribution >= 4 is 39.8 Å². The number of benzene rings is 1. The molecular weight excluding hydrogens is 692 g/mol. The molecule has 3 fully saturated rings. The Kier molecular flexibility index (Phi) is 10.5. The lowest BCUT2D eigenvalue weighted by atomic mass is 10.0. The molecule has 2 aliphatic heterocycles. The summed E-state index contributed by atoms with van der Waals surface area (Å²) in [5, 5.41) is 9.02. The van der Waals surface area contributed by atoms with Gasteiger partial charge in [0.25, 0.3) is 5.91 Å². The Labute approximate surface area is 302 Å². The lowest BCUT2D eigenvalue weighted by Crippen LogP contribution is -2.58. The van der Waals surface area contributed by atoms with Crippen LogP contribution in [0, 0.1) is 5.92 Å². The van der Waals surface area contributed by atoms with E-state index in [1.807, 2.05) is 12.2 Å². The Balaban J connectivity index is 1.25. The molecule has 4 aliphatic rings. The molecule has 0 radical (unpaired) electrons. The van der Waals surface area contributed by atoms with Crippen LogP contribution in [0.2, 0.25) is 0 Å². The van der Waals surface area contributed by atoms with Crippen LogP contribution >= 0.6 is 0 Å². The van der Waals surface area contributed by atoms with Crippen LogP contribution in [0.4, 0.5) is 4.79 Å². The average molecular weight is 739 g/mol. The SMILES string of the molecule is CC(C)(C)OC(=O)N[C@H]1CCCCCC=C[C@@H]2C[C@@]2(C(=O)NS(=O)(=O)C2CC2)NC(=O)[C@@H]2C[C@@H](OC(=O)c3ccc(-n4cccn4)cc3)CN2C1=O. The van der Waals surface area contributed by atoms with Crippen molar-refractivity contribution in [3.05, 3.63) is 60.4 Å². The molecule has 0 bridgehead atoms. The van der Waals surface area contributed by atoms with Crippen LogP contribution in [0.25, 0.3) is 5.69 Å². The smallest absolute Gasteiger partial charge is 0.408 e. The van der Waals surface area contributed by atoms with Crippen molar-refractivity contribution in [2.24, 2.45) is 5.92 Å². The maximum atomic E-state index is 14.3. The molecule has 280 valence electrons. The molecule has 15 nitrogen and oxygen atoms in total. The number of fused-ring (bicyclic) bond motifs is 2. The van der Waals surface area contributed by atoms with Crippen LogP contribution in [0.5, 0.6) is 0 Å². The third-order valence-electron chi connectivity index (χ3n) is 9.68. The summed E-state index contributed by atoms with van der Waals surface area (Å²) in [5.41, 5.74) is -1.38. The van der Waals surface area contributed by atoms with Crippen molar-refractivity contribution in [3.63, 3.8) is 0 Å². The number of aromatic nitrogens is 2. The molecule has 16 heteroatoms. The highest BCUT2D eigenvalue weighted by atomic mass is 32.2. The molecule has 4 amide bonds. The molecule has 2 aromatic rings. The molecule has 6 rings (SSSR count). The van der Waals surface area contributed by atoms with Gasteiger partial charge in [-0.1, -0.05) is 25.0 Å². The second-order valence-electron chi connectivity index (χ2n) is 15.0. The Morgan fingerprint density at radius 2 is 1.79 bits per heavy atom. The number of ether oxygens (including phenoxy) is 2. The first-order valence-corrected chi connectivity index (χ1v) is 19.4. The van der Waals surface area contributed by atoms with Gasteiger partial charge < -0.3 is 25.0 Å². The second kappa shape index (κ2) is 14.7. The number of esters is 1. The van der Waals surface area contributed by atoms with Gasteiger partial charge in [-0.2, -0.15) is 5.10 Å². The monoisotopic (exact) mass is 738 g/mol. The van der Waals surface area contributed by atoms with Gasteiger partial charge in [-0.25, -0.2) is 22.7 Å². The van der Waals surface area contributed by atoms with Crippen LogP contribution in [0.15, 0.2) is 54.9 Å². The average Bonchev–Trinajstić information content (AvgIpc) is 3.94. The highest BCUT2D eigenvalue weighted by Crippen LogP contribution is 2.46. The minimum atomic E-state index is -3.91. The van der Waals surface area contributed by atoms with Crippen molar-refractivity contribution in [3.8, 4) is 5.69 Å². The molecule has 1 aromatic heterocycles. The van der Waals surface area contributed by atoms with E-state index in [4.69, 9.17) is 9.47 Å². The first-order chi connectivity index (χ1) is 24.6. The van der Waals surface area contributed by atoms with Crippen LogP contribution < -0.4 is 15.4 Å². The van der Waals surface area contributed by atoms with Gasteiger partial charge in [0.1, 0.15) is 29.3 Å². The van der Waals surface area contributed by atoms with E-state index >= 15 is 0 Å². The zero-order valence-corrected chi connectivity index (χ0v) is 30.4. The third-order valence-corrected chi connectivity index (χ3v) is 11.5. The van der Waals surface area contributed by atoms with E-state index in [9.17, 15) is 32.4 Å². The van der Waals surface area contributed by atoms with Crippen molar-refractivity contribution in [1.29, 1.82) is 0 Å². The Hall–Kier alpha value is -4.73. The van der Waals surface area contributed by atoms with Crippen LogP contribution in [-0.2, 0) is 33.9 Å². The predicted molar refractivity (Wildman–Crippen MR) is 187 cm³/mol. The summed E-state index contributed by atoms with van der Waals surface area (Å²) < 4.78 is 40.6. The van der Waals surface area contributed by atoms with Gasteiger partial charge >= 0.3 is 12.1 Å². The van der Waals surface area contributed by atoms with E-state index in [0.717, 1.165) is 18.5 Å². The van der Waals surface area contributed by atoms with Crippen LogP contribution in [-0.4, -0.2) is 94.0 Å². The zero-order chi connectivity index (χ0) is 37.3. The summed E-state index contributed by atoms with van der Waals surface area (Å²) in [4.78, 5) is 69.6. The third kappa shape index (κ3) is 8.65. The van der Waals surface area contributed by atoms with E-state index < -0.39 is 80.3 Å². The summed E-state index contributed by atoms with van der Waals surface area (Å²) in [7, 11) is -3.91. The summed E-state index contributed by atoms with van der Waals surface area (Å²) in [6, 6.07) is 6.12. The summed E-state index contributed by atoms with van der Waals surface area (Å²) in [6.07, 6.45) is 9.49. The molecule has 52 heavy (non-hydrogen) atoms. The minimum absolute atomic E-state index is 0.0909. The lowest BCUT2D eigenvalue weighted by Gasteiger charge is -2.30. The first-order valence-electron chi connectivity index (χ1n) is 17.8. The van der Waals surface area contributed by atoms with Gasteiger partial charge in [0.2, 0.25) is 21.8 Å². The quantitative estimate of drug-likeness (QED) is 0.281. The molecule has 1 aromatic carbocycles. The van der Waals surface area contributed by atoms with Gasteiger partial charge in [0, 0.05) is 24.7 Å². The van der Waals surface area contributed by atoms with Gasteiger partial charge in [0.15, 0.2) is 0 Å². The molecule has 0 spiro atoms. The number of rotatable bonds is 7. The maximum Gasteiger partial charge on any atom is 0.408 e. The Morgan fingerprint density at radius 1 is 1.04 bits per heavy atom. The summed E-state index contributed by atoms with van der Waals surface area (Å²) in [6.45, 7) is 4.96. The number of alkyl carbamates (subject to hydrolysis) is 1. The van der Waals surface area contributed by atoms with Crippen molar-refractivity contribution < 1.29 is 41.9 Å². The minimum Gasteiger partial charge on any atom is -0.457 e. The fourth-order valence-corrected chi connectivity index (χ4v) is 8.05. The molecule has 0 unspecified atom stereocenters. The number of carbonyl (C=O) groups excluding carboxylic acids is 5. The van der Waals surface area contributed by atoms with E-state index in [2.05, 4.69) is 20.5 Å². The van der Waals surface area contributed by atoms with E-state index in [-0.39, 0.29) is 31.4 Å². The van der Waals surface area contributed by atoms with Crippen molar-refractivity contribution in [2.45, 2.75) is 113 Å². The summed E-state index contributed by atoms with van der Waals surface area (Å²) >= 11 is 0. The fraction of sp³-hybridized carbons (Fsp3) is 0.556. The van der Waals surface area contributed by atoms with Gasteiger partial charge in [-0.15, -0.1) is 0 Å². The second-order valence-corrected chi connectivity index (χ2v) is 16.9. The first kappa shape index (κ1) is 37.0. The van der Waals surface area contributed by atoms with Crippen molar-refractivity contribution in [2.75, 3.05) is 6.54 Å². The molecule has 3 heterocycles. The number of nitrogens with zero attached hydrogens (tertiary/aromatic N) is 3. The fourth-order valence-electron chi connectivity index (χ4n) is 6.69. The normalized spacial score (nSPS) is 26.9. The molecular formula is C36H46N6O9S. The largest absolute Gasteiger partial charge is 0.457 e. The highest BCUT2D eigenvalue weighted by molar-refractivity contribution is 7.91. The lowest BCUT2D eigenvalue weighted by molar-refractivity contribution is -0.141. The van der Waals surface area contributed by atoms with E-state index in [1.54, 1.807) is 68.2 Å². The molecule has 2 saturated carbocycles. The zero-order valence-electron chi connectivity index (χ0n) is 29.6. The van der Waals surface area contributed by atoms with Crippen molar-refractivity contribution in [1.82, 2.24) is 30.0 Å². The predicted octanol–water partition coefficient (Wildman–Crippen LogP) is 2.90. The number of amides is 4. The highest BCUT2D eigenvalue weighted by Gasteiger charge is 2.62. The number of carbonyl (C=O) groups is 5. The van der Waals surface area contributed by atoms with Crippen LogP contribution in [0.3, 0.4) is 0 Å². The van der Waals surface area contributed by atoms with Gasteiger partial charge in [-0.3, -0.25) is 19.1 Å². The maximum absolute atomic E-state index is 14.3. The van der Waals surface area contributed by atoms with Crippen LogP contribution in [0.1, 0.15) is 88.9 Å². The number of hydrogen-bond donors (Lipinski definition) is 3. The molecule has 2 aliphatic carbocycles. The van der Waals surface area contributed by atoms with Gasteiger partial charge in [0.05, 0.1) is 23.0 Å². The number of hydrogen-bond acceptors (Lipinski definition) is 10. The van der Waals surface area contributed by atoms with Gasteiger partial charge in [-0.05, 0) is 89.6 Å². The Bertz CT molecular complexity index is 1820. The number of sulfonamides is 1. The molecule has 3 N–H and O–H groups in total. The molecule has 5 atom stereocenters.